The van der Waals surface area contributed by atoms with Crippen LogP contribution in [-0.4, -0.2) is 45.3 Å². The van der Waals surface area contributed by atoms with E-state index in [9.17, 15) is 0 Å². The van der Waals surface area contributed by atoms with Crippen LogP contribution < -0.4 is 5.73 Å². The van der Waals surface area contributed by atoms with Crippen molar-refractivity contribution in [2.45, 2.75) is 32.4 Å². The zero-order valence-electron chi connectivity index (χ0n) is 12.0. The SMILES string of the molecule is CCCc1nn(C)c2c1nc(N)n2CC1COCCO1. The van der Waals surface area contributed by atoms with Crippen LogP contribution in [0.15, 0.2) is 0 Å². The molecule has 20 heavy (non-hydrogen) atoms. The van der Waals surface area contributed by atoms with Crippen molar-refractivity contribution in [3.63, 3.8) is 0 Å². The molecular weight excluding hydrogens is 258 g/mol. The van der Waals surface area contributed by atoms with Crippen molar-refractivity contribution in [3.05, 3.63) is 5.69 Å². The van der Waals surface area contributed by atoms with E-state index in [1.54, 1.807) is 0 Å². The van der Waals surface area contributed by atoms with Gasteiger partial charge in [-0.05, 0) is 6.42 Å². The molecule has 1 saturated heterocycles. The van der Waals surface area contributed by atoms with Gasteiger partial charge in [0.25, 0.3) is 0 Å². The predicted molar refractivity (Wildman–Crippen MR) is 75.5 cm³/mol. The highest BCUT2D eigenvalue weighted by molar-refractivity contribution is 5.77. The summed E-state index contributed by atoms with van der Waals surface area (Å²) in [5.41, 5.74) is 8.94. The maximum absolute atomic E-state index is 6.06. The molecule has 7 nitrogen and oxygen atoms in total. The number of hydrogen-bond donors (Lipinski definition) is 1. The molecule has 1 unspecified atom stereocenters. The first-order chi connectivity index (χ1) is 9.70. The van der Waals surface area contributed by atoms with Crippen molar-refractivity contribution < 1.29 is 9.47 Å². The second-order valence-corrected chi connectivity index (χ2v) is 5.14. The maximum atomic E-state index is 6.06. The van der Waals surface area contributed by atoms with Gasteiger partial charge in [0.05, 0.1) is 38.2 Å². The number of hydrogen-bond acceptors (Lipinski definition) is 5. The molecule has 1 aliphatic rings. The van der Waals surface area contributed by atoms with Gasteiger partial charge < -0.3 is 15.2 Å². The van der Waals surface area contributed by atoms with Gasteiger partial charge in [0.15, 0.2) is 5.65 Å². The third kappa shape index (κ3) is 2.27. The lowest BCUT2D eigenvalue weighted by atomic mass is 10.2. The van der Waals surface area contributed by atoms with Gasteiger partial charge in [-0.15, -0.1) is 0 Å². The topological polar surface area (TPSA) is 80.1 Å². The lowest BCUT2D eigenvalue weighted by Gasteiger charge is -2.23. The fraction of sp³-hybridized carbons (Fsp3) is 0.692. The number of imidazole rings is 1. The Morgan fingerprint density at radius 3 is 2.95 bits per heavy atom. The summed E-state index contributed by atoms with van der Waals surface area (Å²) in [7, 11) is 1.93. The molecule has 0 bridgehead atoms. The summed E-state index contributed by atoms with van der Waals surface area (Å²) >= 11 is 0. The Labute approximate surface area is 117 Å². The molecular formula is C13H21N5O2. The number of rotatable bonds is 4. The zero-order valence-corrected chi connectivity index (χ0v) is 12.0. The van der Waals surface area contributed by atoms with Crippen LogP contribution >= 0.6 is 0 Å². The third-order valence-electron chi connectivity index (χ3n) is 3.58. The summed E-state index contributed by atoms with van der Waals surface area (Å²) in [6.45, 7) is 4.67. The second kappa shape index (κ2) is 5.41. The fourth-order valence-corrected chi connectivity index (χ4v) is 2.69. The number of aromatic nitrogens is 4. The Morgan fingerprint density at radius 2 is 2.25 bits per heavy atom. The van der Waals surface area contributed by atoms with Gasteiger partial charge in [0, 0.05) is 7.05 Å². The molecule has 0 amide bonds. The lowest BCUT2D eigenvalue weighted by molar-refractivity contribution is -0.0931. The van der Waals surface area contributed by atoms with Crippen molar-refractivity contribution in [3.8, 4) is 0 Å². The largest absolute Gasteiger partial charge is 0.376 e. The van der Waals surface area contributed by atoms with Crippen LogP contribution in [0.5, 0.6) is 0 Å². The normalized spacial score (nSPS) is 19.8. The molecule has 0 aliphatic carbocycles. The summed E-state index contributed by atoms with van der Waals surface area (Å²) in [5.74, 6) is 0.513. The molecule has 2 aromatic heterocycles. The third-order valence-corrected chi connectivity index (χ3v) is 3.58. The van der Waals surface area contributed by atoms with E-state index in [-0.39, 0.29) is 6.10 Å². The van der Waals surface area contributed by atoms with Gasteiger partial charge in [-0.1, -0.05) is 13.3 Å². The van der Waals surface area contributed by atoms with E-state index in [0.717, 1.165) is 29.7 Å². The number of fused-ring (bicyclic) bond motifs is 1. The quantitative estimate of drug-likeness (QED) is 0.892. The molecule has 2 aromatic rings. The highest BCUT2D eigenvalue weighted by Crippen LogP contribution is 2.22. The molecule has 110 valence electrons. The lowest BCUT2D eigenvalue weighted by Crippen LogP contribution is -2.32. The molecule has 1 fully saturated rings. The van der Waals surface area contributed by atoms with Crippen molar-refractivity contribution in [1.29, 1.82) is 0 Å². The van der Waals surface area contributed by atoms with Gasteiger partial charge in [0.1, 0.15) is 5.52 Å². The average molecular weight is 279 g/mol. The molecule has 1 aliphatic heterocycles. The van der Waals surface area contributed by atoms with Crippen molar-refractivity contribution in [2.75, 3.05) is 25.6 Å². The first-order valence-corrected chi connectivity index (χ1v) is 7.07. The Balaban J connectivity index is 1.95. The van der Waals surface area contributed by atoms with Crippen LogP contribution in [0.1, 0.15) is 19.0 Å². The first kappa shape index (κ1) is 13.4. The van der Waals surface area contributed by atoms with E-state index in [1.807, 2.05) is 16.3 Å². The summed E-state index contributed by atoms with van der Waals surface area (Å²) in [5, 5.41) is 4.54. The van der Waals surface area contributed by atoms with Crippen LogP contribution in [0.25, 0.3) is 11.2 Å². The minimum absolute atomic E-state index is 0.0213. The molecule has 3 rings (SSSR count). The highest BCUT2D eigenvalue weighted by Gasteiger charge is 2.22. The molecule has 0 spiro atoms. The average Bonchev–Trinajstić information content (AvgIpc) is 2.91. The minimum Gasteiger partial charge on any atom is -0.376 e. The second-order valence-electron chi connectivity index (χ2n) is 5.14. The Kier molecular flexibility index (Phi) is 3.62. The van der Waals surface area contributed by atoms with Gasteiger partial charge in [-0.25, -0.2) is 4.98 Å². The Bertz CT molecular complexity index is 597. The highest BCUT2D eigenvalue weighted by atomic mass is 16.6. The molecule has 2 N–H and O–H groups in total. The van der Waals surface area contributed by atoms with Gasteiger partial charge in [-0.3, -0.25) is 9.25 Å². The molecule has 0 radical (unpaired) electrons. The van der Waals surface area contributed by atoms with Crippen LogP contribution in [0.4, 0.5) is 5.95 Å². The number of nitrogen functional groups attached to an aromatic ring is 1. The number of nitrogens with zero attached hydrogens (tertiary/aromatic N) is 4. The number of nitrogens with two attached hydrogens (primary N) is 1. The monoisotopic (exact) mass is 279 g/mol. The molecule has 0 aromatic carbocycles. The van der Waals surface area contributed by atoms with Crippen molar-refractivity contribution in [1.82, 2.24) is 19.3 Å². The van der Waals surface area contributed by atoms with Crippen LogP contribution in [-0.2, 0) is 29.5 Å². The number of anilines is 1. The van der Waals surface area contributed by atoms with E-state index in [1.165, 1.54) is 0 Å². The van der Waals surface area contributed by atoms with Crippen LogP contribution in [0.2, 0.25) is 0 Å². The molecule has 3 heterocycles. The molecule has 7 heteroatoms. The Morgan fingerprint density at radius 1 is 1.40 bits per heavy atom. The first-order valence-electron chi connectivity index (χ1n) is 7.07. The zero-order chi connectivity index (χ0) is 14.1. The van der Waals surface area contributed by atoms with Crippen LogP contribution in [0, 0.1) is 0 Å². The minimum atomic E-state index is 0.0213. The van der Waals surface area contributed by atoms with Crippen molar-refractivity contribution in [2.24, 2.45) is 7.05 Å². The summed E-state index contributed by atoms with van der Waals surface area (Å²) in [6, 6.07) is 0. The van der Waals surface area contributed by atoms with Gasteiger partial charge in [0.2, 0.25) is 5.95 Å². The van der Waals surface area contributed by atoms with E-state index in [2.05, 4.69) is 17.0 Å². The molecule has 1 atom stereocenters. The summed E-state index contributed by atoms with van der Waals surface area (Å²) in [4.78, 5) is 4.48. The Hall–Kier alpha value is -1.60. The van der Waals surface area contributed by atoms with E-state index in [4.69, 9.17) is 15.2 Å². The van der Waals surface area contributed by atoms with E-state index < -0.39 is 0 Å². The van der Waals surface area contributed by atoms with E-state index in [0.29, 0.717) is 32.3 Å². The number of aryl methyl sites for hydroxylation is 2. The fourth-order valence-electron chi connectivity index (χ4n) is 2.69. The predicted octanol–water partition coefficient (Wildman–Crippen LogP) is 0.720. The molecule has 0 saturated carbocycles. The maximum Gasteiger partial charge on any atom is 0.202 e. The van der Waals surface area contributed by atoms with Gasteiger partial charge >= 0.3 is 0 Å². The number of ether oxygens (including phenoxy) is 2. The standard InChI is InChI=1S/C13H21N5O2/c1-3-4-10-11-12(17(2)16-10)18(13(14)15-11)7-9-8-19-5-6-20-9/h9H,3-8H2,1-2H3,(H2,14,15). The summed E-state index contributed by atoms with van der Waals surface area (Å²) < 4.78 is 15.0. The smallest absolute Gasteiger partial charge is 0.202 e. The summed E-state index contributed by atoms with van der Waals surface area (Å²) in [6.07, 6.45) is 1.97. The van der Waals surface area contributed by atoms with Crippen LogP contribution in [0.3, 0.4) is 0 Å². The van der Waals surface area contributed by atoms with Gasteiger partial charge in [-0.2, -0.15) is 5.10 Å². The van der Waals surface area contributed by atoms with Crippen molar-refractivity contribution >= 4 is 17.1 Å². The van der Waals surface area contributed by atoms with E-state index >= 15 is 0 Å².